The summed E-state index contributed by atoms with van der Waals surface area (Å²) in [6.07, 6.45) is 1.16. The number of benzene rings is 2. The van der Waals surface area contributed by atoms with Crippen LogP contribution in [0.1, 0.15) is 36.2 Å². The third-order valence-corrected chi connectivity index (χ3v) is 5.68. The average molecular weight is 437 g/mol. The van der Waals surface area contributed by atoms with Gasteiger partial charge in [0.25, 0.3) is 0 Å². The number of anilines is 2. The molecule has 2 rings (SSSR count). The number of carbonyl (C=O) groups excluding carboxylic acids is 2. The van der Waals surface area contributed by atoms with Gasteiger partial charge in [-0.05, 0) is 62.2 Å². The summed E-state index contributed by atoms with van der Waals surface area (Å²) in [6.45, 7) is 5.25. The molecular weight excluding hydrogens is 411 g/mol. The number of esters is 1. The van der Waals surface area contributed by atoms with Crippen LogP contribution in [0.5, 0.6) is 0 Å². The molecule has 1 N–H and O–H groups in total. The van der Waals surface area contributed by atoms with E-state index in [9.17, 15) is 22.4 Å². The van der Waals surface area contributed by atoms with E-state index in [0.29, 0.717) is 16.8 Å². The third kappa shape index (κ3) is 5.35. The molecule has 2 aromatic carbocycles. The number of nitrogens with zero attached hydrogens (tertiary/aromatic N) is 1. The predicted molar refractivity (Wildman–Crippen MR) is 114 cm³/mol. The fraction of sp³-hybridized carbons (Fsp3) is 0.333. The van der Waals surface area contributed by atoms with Crippen LogP contribution in [0.2, 0.25) is 0 Å². The van der Waals surface area contributed by atoms with Crippen LogP contribution in [0.15, 0.2) is 42.5 Å². The van der Waals surface area contributed by atoms with Crippen molar-refractivity contribution in [3.8, 4) is 0 Å². The maximum atomic E-state index is 13.3. The Kier molecular flexibility index (Phi) is 7.55. The fourth-order valence-corrected chi connectivity index (χ4v) is 4.28. The van der Waals surface area contributed by atoms with E-state index in [-0.39, 0.29) is 18.7 Å². The number of sulfonamides is 1. The zero-order chi connectivity index (χ0) is 22.5. The van der Waals surface area contributed by atoms with Crippen LogP contribution in [-0.2, 0) is 19.6 Å². The van der Waals surface area contributed by atoms with E-state index >= 15 is 0 Å². The van der Waals surface area contributed by atoms with Crippen molar-refractivity contribution in [1.82, 2.24) is 0 Å². The van der Waals surface area contributed by atoms with Gasteiger partial charge in [0.15, 0.2) is 0 Å². The lowest BCUT2D eigenvalue weighted by atomic mass is 10.1. The van der Waals surface area contributed by atoms with E-state index in [0.717, 1.165) is 22.7 Å². The minimum Gasteiger partial charge on any atom is -0.462 e. The van der Waals surface area contributed by atoms with Gasteiger partial charge >= 0.3 is 5.97 Å². The van der Waals surface area contributed by atoms with Crippen LogP contribution < -0.4 is 9.62 Å². The normalized spacial score (nSPS) is 12.2. The molecule has 30 heavy (non-hydrogen) atoms. The Morgan fingerprint density at radius 3 is 2.30 bits per heavy atom. The first-order valence-electron chi connectivity index (χ1n) is 9.42. The number of halogens is 1. The molecular formula is C21H25FN2O5S. The van der Waals surface area contributed by atoms with Crippen molar-refractivity contribution in [2.24, 2.45) is 0 Å². The Balaban J connectivity index is 2.38. The number of hydrogen-bond donors (Lipinski definition) is 1. The van der Waals surface area contributed by atoms with Gasteiger partial charge < -0.3 is 10.1 Å². The van der Waals surface area contributed by atoms with Gasteiger partial charge in [-0.2, -0.15) is 0 Å². The second kappa shape index (κ2) is 9.71. The van der Waals surface area contributed by atoms with E-state index in [1.54, 1.807) is 39.0 Å². The second-order valence-electron chi connectivity index (χ2n) is 6.65. The first-order valence-corrected chi connectivity index (χ1v) is 11.3. The molecule has 0 aliphatic carbocycles. The Bertz CT molecular complexity index is 1020. The summed E-state index contributed by atoms with van der Waals surface area (Å²) in [4.78, 5) is 25.1. The number of carbonyl (C=O) groups is 2. The minimum atomic E-state index is -3.84. The molecule has 162 valence electrons. The molecule has 0 saturated carbocycles. The molecule has 1 atom stereocenters. The molecule has 0 spiro atoms. The van der Waals surface area contributed by atoms with E-state index in [1.807, 2.05) is 0 Å². The number of hydrogen-bond acceptors (Lipinski definition) is 5. The Morgan fingerprint density at radius 2 is 1.77 bits per heavy atom. The number of nitrogens with one attached hydrogen (secondary N) is 1. The summed E-state index contributed by atoms with van der Waals surface area (Å²) in [7, 11) is -3.84. The standard InChI is InChI=1S/C21H25FN2O5S/c1-5-19(24(30(4,27)28)16-12-10-15(22)11-13-16)20(25)23-18-9-7-8-17(14(18)3)21(26)29-6-2/h7-13,19H,5-6H2,1-4H3,(H,23,25). The van der Waals surface area contributed by atoms with Gasteiger partial charge in [0, 0.05) is 5.69 Å². The van der Waals surface area contributed by atoms with Gasteiger partial charge in [-0.15, -0.1) is 0 Å². The predicted octanol–water partition coefficient (Wildman–Crippen LogP) is 3.49. The topological polar surface area (TPSA) is 92.8 Å². The maximum Gasteiger partial charge on any atom is 0.338 e. The van der Waals surface area contributed by atoms with Gasteiger partial charge in [0.05, 0.1) is 24.1 Å². The van der Waals surface area contributed by atoms with Crippen molar-refractivity contribution in [3.63, 3.8) is 0 Å². The molecule has 0 radical (unpaired) electrons. The van der Waals surface area contributed by atoms with Gasteiger partial charge in [-0.1, -0.05) is 13.0 Å². The lowest BCUT2D eigenvalue weighted by molar-refractivity contribution is -0.117. The lowest BCUT2D eigenvalue weighted by Crippen LogP contribution is -2.47. The van der Waals surface area contributed by atoms with Gasteiger partial charge in [-0.3, -0.25) is 9.10 Å². The van der Waals surface area contributed by atoms with Crippen LogP contribution in [0, 0.1) is 12.7 Å². The number of ether oxygens (including phenoxy) is 1. The minimum absolute atomic E-state index is 0.174. The van der Waals surface area contributed by atoms with Crippen molar-refractivity contribution >= 4 is 33.3 Å². The summed E-state index contributed by atoms with van der Waals surface area (Å²) >= 11 is 0. The molecule has 0 fully saturated rings. The maximum absolute atomic E-state index is 13.3. The van der Waals surface area contributed by atoms with Gasteiger partial charge in [0.1, 0.15) is 11.9 Å². The fourth-order valence-electron chi connectivity index (χ4n) is 3.07. The van der Waals surface area contributed by atoms with Crippen LogP contribution >= 0.6 is 0 Å². The second-order valence-corrected chi connectivity index (χ2v) is 8.51. The molecule has 1 unspecified atom stereocenters. The van der Waals surface area contributed by atoms with Crippen molar-refractivity contribution in [1.29, 1.82) is 0 Å². The quantitative estimate of drug-likeness (QED) is 0.640. The highest BCUT2D eigenvalue weighted by Gasteiger charge is 2.32. The third-order valence-electron chi connectivity index (χ3n) is 4.50. The van der Waals surface area contributed by atoms with E-state index in [1.165, 1.54) is 12.1 Å². The summed E-state index contributed by atoms with van der Waals surface area (Å²) in [6, 6.07) is 8.60. The highest BCUT2D eigenvalue weighted by Crippen LogP contribution is 2.25. The largest absolute Gasteiger partial charge is 0.462 e. The molecule has 0 aliphatic heterocycles. The summed E-state index contributed by atoms with van der Waals surface area (Å²) in [5.41, 5.74) is 1.36. The summed E-state index contributed by atoms with van der Waals surface area (Å²) < 4.78 is 44.2. The van der Waals surface area contributed by atoms with Gasteiger partial charge in [-0.25, -0.2) is 17.6 Å². The highest BCUT2D eigenvalue weighted by molar-refractivity contribution is 7.92. The van der Waals surface area contributed by atoms with Crippen molar-refractivity contribution in [2.75, 3.05) is 22.5 Å². The first kappa shape index (κ1) is 23.3. The molecule has 0 saturated heterocycles. The average Bonchev–Trinajstić information content (AvgIpc) is 2.67. The molecule has 0 bridgehead atoms. The van der Waals surface area contributed by atoms with Crippen LogP contribution in [-0.4, -0.2) is 39.2 Å². The summed E-state index contributed by atoms with van der Waals surface area (Å²) in [5.74, 6) is -1.60. The Morgan fingerprint density at radius 1 is 1.13 bits per heavy atom. The molecule has 9 heteroatoms. The summed E-state index contributed by atoms with van der Waals surface area (Å²) in [5, 5.41) is 2.71. The molecule has 0 heterocycles. The number of rotatable bonds is 8. The Hall–Kier alpha value is -2.94. The first-order chi connectivity index (χ1) is 14.1. The van der Waals surface area contributed by atoms with E-state index < -0.39 is 33.8 Å². The van der Waals surface area contributed by atoms with E-state index in [2.05, 4.69) is 5.32 Å². The van der Waals surface area contributed by atoms with E-state index in [4.69, 9.17) is 4.74 Å². The molecule has 0 aromatic heterocycles. The smallest absolute Gasteiger partial charge is 0.338 e. The van der Waals surface area contributed by atoms with Crippen LogP contribution in [0.4, 0.5) is 15.8 Å². The van der Waals surface area contributed by atoms with Gasteiger partial charge in [0.2, 0.25) is 15.9 Å². The zero-order valence-electron chi connectivity index (χ0n) is 17.3. The van der Waals surface area contributed by atoms with Crippen molar-refractivity contribution in [2.45, 2.75) is 33.2 Å². The molecule has 7 nitrogen and oxygen atoms in total. The highest BCUT2D eigenvalue weighted by atomic mass is 32.2. The van der Waals surface area contributed by atoms with Crippen molar-refractivity contribution < 1.29 is 27.1 Å². The van der Waals surface area contributed by atoms with Crippen molar-refractivity contribution in [3.05, 3.63) is 59.4 Å². The molecule has 2 aromatic rings. The SMILES string of the molecule is CCOC(=O)c1cccc(NC(=O)C(CC)N(c2ccc(F)cc2)S(C)(=O)=O)c1C. The van der Waals surface area contributed by atoms with Crippen LogP contribution in [0.25, 0.3) is 0 Å². The Labute approximate surface area is 175 Å². The zero-order valence-corrected chi connectivity index (χ0v) is 18.1. The van der Waals surface area contributed by atoms with Crippen LogP contribution in [0.3, 0.4) is 0 Å². The molecule has 1 amide bonds. The lowest BCUT2D eigenvalue weighted by Gasteiger charge is -2.30. The monoisotopic (exact) mass is 436 g/mol. The molecule has 0 aliphatic rings. The number of amides is 1.